The van der Waals surface area contributed by atoms with E-state index in [9.17, 15) is 4.79 Å². The Morgan fingerprint density at radius 2 is 1.88 bits per heavy atom. The lowest BCUT2D eigenvalue weighted by molar-refractivity contribution is -0.124. The maximum atomic E-state index is 11.6. The van der Waals surface area contributed by atoms with Crippen LogP contribution in [-0.2, 0) is 4.79 Å². The highest BCUT2D eigenvalue weighted by Crippen LogP contribution is 2.07. The van der Waals surface area contributed by atoms with Crippen LogP contribution >= 0.6 is 0 Å². The van der Waals surface area contributed by atoms with Gasteiger partial charge in [-0.15, -0.1) is 5.73 Å². The Bertz CT molecular complexity index is 410. The van der Waals surface area contributed by atoms with E-state index < -0.39 is 0 Å². The number of carbonyl (C=O) groups is 1. The summed E-state index contributed by atoms with van der Waals surface area (Å²) in [5.74, 6) is 0.0738. The van der Waals surface area contributed by atoms with E-state index in [4.69, 9.17) is 0 Å². The molecule has 0 N–H and O–H groups in total. The summed E-state index contributed by atoms with van der Waals surface area (Å²) in [5.41, 5.74) is 4.00. The van der Waals surface area contributed by atoms with Crippen molar-refractivity contribution in [3.8, 4) is 0 Å². The maximum Gasteiger partial charge on any atom is 0.254 e. The van der Waals surface area contributed by atoms with E-state index in [1.54, 1.807) is 0 Å². The minimum Gasteiger partial charge on any atom is -0.339 e. The number of hydrogen-bond acceptors (Lipinski definition) is 1. The van der Waals surface area contributed by atoms with Crippen LogP contribution in [0.2, 0.25) is 0 Å². The van der Waals surface area contributed by atoms with Crippen molar-refractivity contribution < 1.29 is 4.79 Å². The van der Waals surface area contributed by atoms with E-state index in [0.717, 1.165) is 31.5 Å². The van der Waals surface area contributed by atoms with Crippen LogP contribution in [0.25, 0.3) is 6.08 Å². The van der Waals surface area contributed by atoms with Crippen molar-refractivity contribution in [2.24, 2.45) is 0 Å². The van der Waals surface area contributed by atoms with Gasteiger partial charge >= 0.3 is 0 Å². The minimum atomic E-state index is 0.0738. The Kier molecular flexibility index (Phi) is 3.58. The summed E-state index contributed by atoms with van der Waals surface area (Å²) < 4.78 is 0. The fourth-order valence-electron chi connectivity index (χ4n) is 1.79. The number of likely N-dealkylation sites (tertiary alicyclic amines) is 1. The smallest absolute Gasteiger partial charge is 0.254 e. The summed E-state index contributed by atoms with van der Waals surface area (Å²) >= 11 is 0. The quantitative estimate of drug-likeness (QED) is 0.546. The third-order valence-corrected chi connectivity index (χ3v) is 2.67. The Hall–Kier alpha value is -1.79. The number of rotatable bonds is 2. The van der Waals surface area contributed by atoms with Gasteiger partial charge in [0.2, 0.25) is 0 Å². The molecular weight excluding hydrogens is 198 g/mol. The van der Waals surface area contributed by atoms with Crippen molar-refractivity contribution in [1.29, 1.82) is 0 Å². The Labute approximate surface area is 95.9 Å². The first-order valence-electron chi connectivity index (χ1n) is 5.63. The number of amides is 1. The molecule has 0 spiro atoms. The SMILES string of the molecule is O=C(C=C=Cc1ccccc1)N1CCCC1. The van der Waals surface area contributed by atoms with Crippen LogP contribution < -0.4 is 0 Å². The molecule has 1 aromatic carbocycles. The molecule has 1 fully saturated rings. The van der Waals surface area contributed by atoms with Gasteiger partial charge in [-0.3, -0.25) is 4.79 Å². The molecule has 1 amide bonds. The number of carbonyl (C=O) groups excluding carboxylic acids is 1. The molecule has 0 saturated carbocycles. The van der Waals surface area contributed by atoms with Gasteiger partial charge in [-0.2, -0.15) is 0 Å². The normalized spacial score (nSPS) is 14.4. The Morgan fingerprint density at radius 1 is 1.19 bits per heavy atom. The van der Waals surface area contributed by atoms with Crippen molar-refractivity contribution >= 4 is 12.0 Å². The van der Waals surface area contributed by atoms with E-state index in [-0.39, 0.29) is 5.91 Å². The lowest BCUT2D eigenvalue weighted by atomic mass is 10.2. The lowest BCUT2D eigenvalue weighted by Gasteiger charge is -2.10. The van der Waals surface area contributed by atoms with Crippen LogP contribution in [0.3, 0.4) is 0 Å². The first-order chi connectivity index (χ1) is 7.86. The molecule has 1 aliphatic heterocycles. The van der Waals surface area contributed by atoms with Crippen LogP contribution in [0.15, 0.2) is 42.1 Å². The van der Waals surface area contributed by atoms with E-state index in [1.807, 2.05) is 41.3 Å². The first kappa shape index (κ1) is 10.7. The zero-order valence-corrected chi connectivity index (χ0v) is 9.23. The van der Waals surface area contributed by atoms with Gasteiger partial charge in [-0.25, -0.2) is 0 Å². The van der Waals surface area contributed by atoms with Crippen molar-refractivity contribution in [3.05, 3.63) is 47.7 Å². The summed E-state index contributed by atoms with van der Waals surface area (Å²) in [4.78, 5) is 13.5. The van der Waals surface area contributed by atoms with Gasteiger partial charge in [-0.1, -0.05) is 30.3 Å². The van der Waals surface area contributed by atoms with Gasteiger partial charge in [-0.05, 0) is 24.5 Å². The third-order valence-electron chi connectivity index (χ3n) is 2.67. The number of hydrogen-bond donors (Lipinski definition) is 0. The molecular formula is C14H15NO. The molecule has 1 saturated heterocycles. The standard InChI is InChI=1S/C14H15NO/c16-14(15-11-4-5-12-15)10-6-9-13-7-2-1-3-8-13/h1-3,7-10H,4-5,11-12H2. The van der Waals surface area contributed by atoms with Gasteiger partial charge < -0.3 is 4.90 Å². The second-order valence-electron chi connectivity index (χ2n) is 3.90. The molecule has 0 radical (unpaired) electrons. The Morgan fingerprint density at radius 3 is 2.56 bits per heavy atom. The highest BCUT2D eigenvalue weighted by Gasteiger charge is 2.14. The fraction of sp³-hybridized carbons (Fsp3) is 0.286. The number of nitrogens with zero attached hydrogens (tertiary/aromatic N) is 1. The molecule has 1 aliphatic rings. The monoisotopic (exact) mass is 213 g/mol. The highest BCUT2D eigenvalue weighted by atomic mass is 16.2. The summed E-state index contributed by atoms with van der Waals surface area (Å²) in [5, 5.41) is 0. The van der Waals surface area contributed by atoms with Gasteiger partial charge in [0.1, 0.15) is 0 Å². The average Bonchev–Trinajstić information content (AvgIpc) is 2.84. The predicted octanol–water partition coefficient (Wildman–Crippen LogP) is 2.48. The molecule has 16 heavy (non-hydrogen) atoms. The van der Waals surface area contributed by atoms with Crippen molar-refractivity contribution in [2.45, 2.75) is 12.8 Å². The largest absolute Gasteiger partial charge is 0.339 e. The molecule has 1 heterocycles. The molecule has 2 rings (SSSR count). The van der Waals surface area contributed by atoms with E-state index in [0.29, 0.717) is 0 Å². The van der Waals surface area contributed by atoms with E-state index in [2.05, 4.69) is 5.73 Å². The van der Waals surface area contributed by atoms with Gasteiger partial charge in [0.25, 0.3) is 5.91 Å². The van der Waals surface area contributed by atoms with Crippen LogP contribution in [0.1, 0.15) is 18.4 Å². The van der Waals surface area contributed by atoms with Crippen LogP contribution in [-0.4, -0.2) is 23.9 Å². The van der Waals surface area contributed by atoms with Crippen LogP contribution in [0.4, 0.5) is 0 Å². The molecule has 0 unspecified atom stereocenters. The summed E-state index contributed by atoms with van der Waals surface area (Å²) in [6.45, 7) is 1.78. The number of benzene rings is 1. The zero-order valence-electron chi connectivity index (χ0n) is 9.23. The molecule has 0 bridgehead atoms. The van der Waals surface area contributed by atoms with Crippen LogP contribution in [0, 0.1) is 0 Å². The molecule has 0 aliphatic carbocycles. The van der Waals surface area contributed by atoms with Gasteiger partial charge in [0.15, 0.2) is 0 Å². The summed E-state index contributed by atoms with van der Waals surface area (Å²) in [7, 11) is 0. The fourth-order valence-corrected chi connectivity index (χ4v) is 1.79. The lowest BCUT2D eigenvalue weighted by Crippen LogP contribution is -2.25. The van der Waals surface area contributed by atoms with Crippen molar-refractivity contribution in [2.75, 3.05) is 13.1 Å². The summed E-state index contributed by atoms with van der Waals surface area (Å²) in [6, 6.07) is 9.88. The summed E-state index contributed by atoms with van der Waals surface area (Å²) in [6.07, 6.45) is 5.61. The highest BCUT2D eigenvalue weighted by molar-refractivity contribution is 5.88. The molecule has 2 nitrogen and oxygen atoms in total. The third kappa shape index (κ3) is 2.85. The molecule has 2 heteroatoms. The molecule has 0 atom stereocenters. The average molecular weight is 213 g/mol. The van der Waals surface area contributed by atoms with Crippen molar-refractivity contribution in [1.82, 2.24) is 4.90 Å². The second-order valence-corrected chi connectivity index (χ2v) is 3.90. The molecule has 0 aromatic heterocycles. The van der Waals surface area contributed by atoms with Gasteiger partial charge in [0, 0.05) is 19.2 Å². The zero-order chi connectivity index (χ0) is 11.2. The Balaban J connectivity index is 1.98. The topological polar surface area (TPSA) is 20.3 Å². The van der Waals surface area contributed by atoms with Crippen LogP contribution in [0.5, 0.6) is 0 Å². The van der Waals surface area contributed by atoms with E-state index in [1.165, 1.54) is 6.08 Å². The second kappa shape index (κ2) is 5.34. The molecule has 82 valence electrons. The van der Waals surface area contributed by atoms with Crippen molar-refractivity contribution in [3.63, 3.8) is 0 Å². The first-order valence-corrected chi connectivity index (χ1v) is 5.63. The molecule has 1 aromatic rings. The predicted molar refractivity (Wildman–Crippen MR) is 64.8 cm³/mol. The van der Waals surface area contributed by atoms with E-state index >= 15 is 0 Å². The minimum absolute atomic E-state index is 0.0738. The maximum absolute atomic E-state index is 11.6. The van der Waals surface area contributed by atoms with Gasteiger partial charge in [0.05, 0.1) is 0 Å².